The van der Waals surface area contributed by atoms with Gasteiger partial charge in [0.15, 0.2) is 0 Å². The highest BCUT2D eigenvalue weighted by molar-refractivity contribution is 5.32. The lowest BCUT2D eigenvalue weighted by Crippen LogP contribution is -2.30. The first-order chi connectivity index (χ1) is 11.9. The molecule has 1 heterocycles. The zero-order valence-corrected chi connectivity index (χ0v) is 14.9. The Morgan fingerprint density at radius 2 is 1.25 bits per heavy atom. The van der Waals surface area contributed by atoms with E-state index in [1.807, 2.05) is 0 Å². The van der Waals surface area contributed by atoms with Crippen LogP contribution >= 0.6 is 0 Å². The number of hydrogen-bond acceptors (Lipinski definition) is 1. The maximum absolute atomic E-state index is 2.66. The van der Waals surface area contributed by atoms with Gasteiger partial charge in [0.1, 0.15) is 0 Å². The fourth-order valence-electron chi connectivity index (χ4n) is 3.94. The molecule has 1 aliphatic rings. The van der Waals surface area contributed by atoms with Crippen molar-refractivity contribution in [3.8, 4) is 0 Å². The van der Waals surface area contributed by atoms with E-state index >= 15 is 0 Å². The van der Waals surface area contributed by atoms with Crippen molar-refractivity contribution in [2.75, 3.05) is 19.6 Å². The van der Waals surface area contributed by atoms with Crippen LogP contribution in [0.3, 0.4) is 0 Å². The summed E-state index contributed by atoms with van der Waals surface area (Å²) in [6.07, 6.45) is 9.54. The Bertz CT molecular complexity index is 518. The lowest BCUT2D eigenvalue weighted by molar-refractivity contribution is 0.224. The first-order valence-corrected chi connectivity index (χ1v) is 9.76. The van der Waals surface area contributed by atoms with Crippen LogP contribution in [0.1, 0.15) is 62.0 Å². The standard InChI is InChI=1S/C23H31N/c1-5-13-21(14-6-1)23(22-15-7-2-8-16-22)17-9-3-10-18-24-19-11-4-12-20-24/h1-2,5-8,13-16,23H,3-4,9-12,17-20H2. The Hall–Kier alpha value is -1.60. The summed E-state index contributed by atoms with van der Waals surface area (Å²) < 4.78 is 0. The van der Waals surface area contributed by atoms with E-state index in [2.05, 4.69) is 65.6 Å². The second-order valence-electron chi connectivity index (χ2n) is 7.13. The number of unbranched alkanes of at least 4 members (excludes halogenated alkanes) is 2. The van der Waals surface area contributed by atoms with E-state index in [0.717, 1.165) is 0 Å². The summed E-state index contributed by atoms with van der Waals surface area (Å²) >= 11 is 0. The number of nitrogens with zero attached hydrogens (tertiary/aromatic N) is 1. The molecule has 0 saturated carbocycles. The summed E-state index contributed by atoms with van der Waals surface area (Å²) in [6, 6.07) is 22.0. The fraction of sp³-hybridized carbons (Fsp3) is 0.478. The lowest BCUT2D eigenvalue weighted by atomic mass is 9.87. The van der Waals surface area contributed by atoms with E-state index in [9.17, 15) is 0 Å². The maximum Gasteiger partial charge on any atom is 0.00893 e. The van der Waals surface area contributed by atoms with Crippen molar-refractivity contribution >= 4 is 0 Å². The van der Waals surface area contributed by atoms with Gasteiger partial charge in [-0.2, -0.15) is 0 Å². The third kappa shape index (κ3) is 5.21. The van der Waals surface area contributed by atoms with E-state index in [4.69, 9.17) is 0 Å². The molecule has 0 unspecified atom stereocenters. The molecule has 128 valence electrons. The topological polar surface area (TPSA) is 3.24 Å². The van der Waals surface area contributed by atoms with Gasteiger partial charge in [0, 0.05) is 5.92 Å². The van der Waals surface area contributed by atoms with Gasteiger partial charge in [-0.25, -0.2) is 0 Å². The molecule has 2 aromatic carbocycles. The molecule has 0 aliphatic carbocycles. The highest BCUT2D eigenvalue weighted by Gasteiger charge is 2.14. The Kier molecular flexibility index (Phi) is 6.92. The minimum atomic E-state index is 0.544. The quantitative estimate of drug-likeness (QED) is 0.550. The monoisotopic (exact) mass is 321 g/mol. The van der Waals surface area contributed by atoms with Crippen LogP contribution in [0.15, 0.2) is 60.7 Å². The van der Waals surface area contributed by atoms with Crippen LogP contribution in [0, 0.1) is 0 Å². The van der Waals surface area contributed by atoms with Gasteiger partial charge in [-0.05, 0) is 56.4 Å². The van der Waals surface area contributed by atoms with E-state index in [0.29, 0.717) is 5.92 Å². The summed E-state index contributed by atoms with van der Waals surface area (Å²) in [6.45, 7) is 3.97. The summed E-state index contributed by atoms with van der Waals surface area (Å²) in [5.41, 5.74) is 2.92. The van der Waals surface area contributed by atoms with Crippen LogP contribution in [0.2, 0.25) is 0 Å². The predicted octanol–water partition coefficient (Wildman–Crippen LogP) is 5.86. The van der Waals surface area contributed by atoms with Crippen molar-refractivity contribution in [2.45, 2.75) is 50.9 Å². The minimum Gasteiger partial charge on any atom is -0.303 e. The molecule has 0 bridgehead atoms. The van der Waals surface area contributed by atoms with Gasteiger partial charge in [0.2, 0.25) is 0 Å². The number of hydrogen-bond donors (Lipinski definition) is 0. The van der Waals surface area contributed by atoms with E-state index in [1.54, 1.807) is 0 Å². The van der Waals surface area contributed by atoms with Crippen molar-refractivity contribution in [3.05, 3.63) is 71.8 Å². The van der Waals surface area contributed by atoms with Crippen LogP contribution in [0.25, 0.3) is 0 Å². The average molecular weight is 322 g/mol. The largest absolute Gasteiger partial charge is 0.303 e. The van der Waals surface area contributed by atoms with Crippen LogP contribution in [-0.2, 0) is 0 Å². The van der Waals surface area contributed by atoms with Crippen LogP contribution < -0.4 is 0 Å². The van der Waals surface area contributed by atoms with Crippen LogP contribution in [-0.4, -0.2) is 24.5 Å². The molecule has 0 atom stereocenters. The zero-order chi connectivity index (χ0) is 16.5. The zero-order valence-electron chi connectivity index (χ0n) is 14.9. The molecular formula is C23H31N. The van der Waals surface area contributed by atoms with Crippen LogP contribution in [0.5, 0.6) is 0 Å². The van der Waals surface area contributed by atoms with E-state index in [1.165, 1.54) is 75.7 Å². The van der Waals surface area contributed by atoms with Gasteiger partial charge >= 0.3 is 0 Å². The van der Waals surface area contributed by atoms with Crippen molar-refractivity contribution in [3.63, 3.8) is 0 Å². The lowest BCUT2D eigenvalue weighted by Gasteiger charge is -2.26. The van der Waals surface area contributed by atoms with Gasteiger partial charge in [-0.15, -0.1) is 0 Å². The Balaban J connectivity index is 1.49. The smallest absolute Gasteiger partial charge is 0.00893 e. The summed E-state index contributed by atoms with van der Waals surface area (Å²) in [5.74, 6) is 0.544. The third-order valence-electron chi connectivity index (χ3n) is 5.32. The number of rotatable bonds is 8. The fourth-order valence-corrected chi connectivity index (χ4v) is 3.94. The Morgan fingerprint density at radius 1 is 0.667 bits per heavy atom. The number of benzene rings is 2. The number of piperidine rings is 1. The minimum absolute atomic E-state index is 0.544. The molecule has 2 aromatic rings. The Morgan fingerprint density at radius 3 is 1.83 bits per heavy atom. The normalized spacial score (nSPS) is 15.7. The molecule has 0 spiro atoms. The molecule has 1 fully saturated rings. The van der Waals surface area contributed by atoms with Gasteiger partial charge in [0.25, 0.3) is 0 Å². The SMILES string of the molecule is c1ccc(C(CCCCCN2CCCCC2)c2ccccc2)cc1. The second-order valence-corrected chi connectivity index (χ2v) is 7.13. The molecule has 0 aromatic heterocycles. The first-order valence-electron chi connectivity index (χ1n) is 9.76. The molecule has 3 rings (SSSR count). The van der Waals surface area contributed by atoms with E-state index < -0.39 is 0 Å². The highest BCUT2D eigenvalue weighted by Crippen LogP contribution is 2.29. The van der Waals surface area contributed by atoms with Gasteiger partial charge in [0.05, 0.1) is 0 Å². The van der Waals surface area contributed by atoms with Gasteiger partial charge < -0.3 is 4.90 Å². The molecule has 0 N–H and O–H groups in total. The van der Waals surface area contributed by atoms with Crippen molar-refractivity contribution < 1.29 is 0 Å². The van der Waals surface area contributed by atoms with Gasteiger partial charge in [-0.3, -0.25) is 0 Å². The van der Waals surface area contributed by atoms with Crippen molar-refractivity contribution in [1.82, 2.24) is 4.90 Å². The predicted molar refractivity (Wildman–Crippen MR) is 103 cm³/mol. The second kappa shape index (κ2) is 9.64. The molecule has 1 aliphatic heterocycles. The van der Waals surface area contributed by atoms with Crippen molar-refractivity contribution in [1.29, 1.82) is 0 Å². The molecular weight excluding hydrogens is 290 g/mol. The molecule has 0 radical (unpaired) electrons. The van der Waals surface area contributed by atoms with E-state index in [-0.39, 0.29) is 0 Å². The maximum atomic E-state index is 2.66. The van der Waals surface area contributed by atoms with Gasteiger partial charge in [-0.1, -0.05) is 79.9 Å². The average Bonchev–Trinajstić information content (AvgIpc) is 2.67. The highest BCUT2D eigenvalue weighted by atomic mass is 15.1. The first kappa shape index (κ1) is 17.2. The molecule has 1 saturated heterocycles. The molecule has 1 nitrogen and oxygen atoms in total. The van der Waals surface area contributed by atoms with Crippen LogP contribution in [0.4, 0.5) is 0 Å². The molecule has 1 heteroatoms. The third-order valence-corrected chi connectivity index (χ3v) is 5.32. The van der Waals surface area contributed by atoms with Crippen molar-refractivity contribution in [2.24, 2.45) is 0 Å². The summed E-state index contributed by atoms with van der Waals surface area (Å²) in [5, 5.41) is 0. The molecule has 24 heavy (non-hydrogen) atoms. The Labute approximate surface area is 147 Å². The molecule has 0 amide bonds. The summed E-state index contributed by atoms with van der Waals surface area (Å²) in [4.78, 5) is 2.66. The summed E-state index contributed by atoms with van der Waals surface area (Å²) in [7, 11) is 0. The number of likely N-dealkylation sites (tertiary alicyclic amines) is 1.